The topological polar surface area (TPSA) is 92.7 Å². The molecule has 1 atom stereocenters. The van der Waals surface area contributed by atoms with Gasteiger partial charge in [0.2, 0.25) is 10.0 Å². The minimum absolute atomic E-state index is 0.498. The van der Waals surface area contributed by atoms with Gasteiger partial charge in [0.1, 0.15) is 0 Å². The fourth-order valence-corrected chi connectivity index (χ4v) is 2.94. The molecular formula is C12H15F2NO5S. The van der Waals surface area contributed by atoms with Crippen molar-refractivity contribution in [3.8, 4) is 0 Å². The van der Waals surface area contributed by atoms with Gasteiger partial charge in [-0.05, 0) is 32.0 Å². The van der Waals surface area contributed by atoms with Crippen LogP contribution < -0.4 is 4.72 Å². The lowest BCUT2D eigenvalue weighted by Gasteiger charge is -2.29. The number of aliphatic hydroxyl groups excluding tert-OH is 1. The van der Waals surface area contributed by atoms with Crippen LogP contribution in [0.25, 0.3) is 0 Å². The molecule has 0 fully saturated rings. The van der Waals surface area contributed by atoms with Gasteiger partial charge in [0.15, 0.2) is 17.7 Å². The third kappa shape index (κ3) is 3.96. The van der Waals surface area contributed by atoms with Gasteiger partial charge in [-0.2, -0.15) is 0 Å². The van der Waals surface area contributed by atoms with Crippen LogP contribution in [-0.2, 0) is 19.6 Å². The fourth-order valence-electron chi connectivity index (χ4n) is 1.51. The summed E-state index contributed by atoms with van der Waals surface area (Å²) < 4.78 is 56.4. The molecule has 0 aliphatic heterocycles. The Morgan fingerprint density at radius 1 is 1.33 bits per heavy atom. The highest BCUT2D eigenvalue weighted by molar-refractivity contribution is 7.89. The van der Waals surface area contributed by atoms with Crippen LogP contribution in [0.1, 0.15) is 13.8 Å². The molecule has 0 unspecified atom stereocenters. The quantitative estimate of drug-likeness (QED) is 0.772. The van der Waals surface area contributed by atoms with Gasteiger partial charge in [-0.15, -0.1) is 0 Å². The number of methoxy groups -OCH3 is 1. The molecule has 0 radical (unpaired) electrons. The van der Waals surface area contributed by atoms with E-state index in [9.17, 15) is 27.1 Å². The van der Waals surface area contributed by atoms with Crippen molar-refractivity contribution in [2.45, 2.75) is 30.4 Å². The van der Waals surface area contributed by atoms with E-state index in [-0.39, 0.29) is 0 Å². The molecule has 9 heteroatoms. The number of hydrogen-bond acceptors (Lipinski definition) is 5. The van der Waals surface area contributed by atoms with E-state index in [2.05, 4.69) is 4.74 Å². The van der Waals surface area contributed by atoms with E-state index >= 15 is 0 Å². The Morgan fingerprint density at radius 2 is 1.90 bits per heavy atom. The van der Waals surface area contributed by atoms with Crippen molar-refractivity contribution in [3.05, 3.63) is 29.8 Å². The van der Waals surface area contributed by atoms with Crippen molar-refractivity contribution in [2.24, 2.45) is 0 Å². The van der Waals surface area contributed by atoms with Crippen molar-refractivity contribution in [2.75, 3.05) is 7.11 Å². The summed E-state index contributed by atoms with van der Waals surface area (Å²) in [6, 6.07) is 2.02. The second-order valence-corrected chi connectivity index (χ2v) is 6.51. The summed E-state index contributed by atoms with van der Waals surface area (Å²) in [4.78, 5) is 10.7. The number of esters is 1. The Hall–Kier alpha value is -1.58. The highest BCUT2D eigenvalue weighted by Gasteiger charge is 2.38. The Bertz CT molecular complexity index is 645. The zero-order valence-electron chi connectivity index (χ0n) is 11.6. The molecular weight excluding hydrogens is 308 g/mol. The smallest absolute Gasteiger partial charge is 0.336 e. The zero-order valence-corrected chi connectivity index (χ0v) is 12.4. The Kier molecular flexibility index (Phi) is 5.03. The number of aliphatic hydroxyl groups is 1. The Morgan fingerprint density at radius 3 is 2.38 bits per heavy atom. The molecule has 0 saturated heterocycles. The van der Waals surface area contributed by atoms with Crippen LogP contribution in [0.2, 0.25) is 0 Å². The normalized spacial score (nSPS) is 13.8. The number of benzene rings is 1. The summed E-state index contributed by atoms with van der Waals surface area (Å²) in [6.07, 6.45) is -1.78. The summed E-state index contributed by atoms with van der Waals surface area (Å²) in [7, 11) is -3.24. The minimum Gasteiger partial charge on any atom is -0.467 e. The summed E-state index contributed by atoms with van der Waals surface area (Å²) in [5.41, 5.74) is -1.61. The van der Waals surface area contributed by atoms with Crippen molar-refractivity contribution in [1.82, 2.24) is 4.72 Å². The lowest BCUT2D eigenvalue weighted by Crippen LogP contribution is -2.55. The summed E-state index contributed by atoms with van der Waals surface area (Å²) in [6.45, 7) is 2.48. The third-order valence-corrected chi connectivity index (χ3v) is 4.38. The zero-order chi connectivity index (χ0) is 16.4. The molecule has 1 rings (SSSR count). The van der Waals surface area contributed by atoms with E-state index in [1.807, 2.05) is 4.72 Å². The van der Waals surface area contributed by atoms with E-state index < -0.39 is 44.2 Å². The second-order valence-electron chi connectivity index (χ2n) is 4.83. The first-order valence-corrected chi connectivity index (χ1v) is 7.24. The molecule has 1 aromatic carbocycles. The molecule has 0 aliphatic carbocycles. The van der Waals surface area contributed by atoms with Crippen LogP contribution in [-0.4, -0.2) is 38.2 Å². The monoisotopic (exact) mass is 323 g/mol. The maximum absolute atomic E-state index is 13.1. The van der Waals surface area contributed by atoms with Gasteiger partial charge in [-0.3, -0.25) is 0 Å². The minimum atomic E-state index is -4.27. The van der Waals surface area contributed by atoms with E-state index in [4.69, 9.17) is 0 Å². The number of rotatable bonds is 5. The first-order chi connectivity index (χ1) is 9.51. The average Bonchev–Trinajstić information content (AvgIpc) is 2.38. The maximum Gasteiger partial charge on any atom is 0.336 e. The number of halogens is 2. The number of nitrogens with one attached hydrogen (secondary N) is 1. The number of sulfonamides is 1. The Labute approximate surface area is 120 Å². The molecule has 21 heavy (non-hydrogen) atoms. The molecule has 0 amide bonds. The predicted molar refractivity (Wildman–Crippen MR) is 68.8 cm³/mol. The molecule has 0 heterocycles. The summed E-state index contributed by atoms with van der Waals surface area (Å²) in [5.74, 6) is -3.56. The SMILES string of the molecule is COC(=O)[C@@H](O)C(C)(C)NS(=O)(=O)c1ccc(F)c(F)c1. The summed E-state index contributed by atoms with van der Waals surface area (Å²) in [5, 5.41) is 9.72. The molecule has 118 valence electrons. The van der Waals surface area contributed by atoms with E-state index in [0.29, 0.717) is 12.1 Å². The van der Waals surface area contributed by atoms with Crippen LogP contribution in [0.4, 0.5) is 8.78 Å². The highest BCUT2D eigenvalue weighted by Crippen LogP contribution is 2.18. The number of carbonyl (C=O) groups is 1. The lowest BCUT2D eigenvalue weighted by atomic mass is 9.99. The van der Waals surface area contributed by atoms with Crippen LogP contribution in [0.15, 0.2) is 23.1 Å². The fraction of sp³-hybridized carbons (Fsp3) is 0.417. The van der Waals surface area contributed by atoms with Crippen LogP contribution in [0, 0.1) is 11.6 Å². The van der Waals surface area contributed by atoms with Crippen LogP contribution >= 0.6 is 0 Å². The molecule has 0 aliphatic rings. The first-order valence-electron chi connectivity index (χ1n) is 5.76. The largest absolute Gasteiger partial charge is 0.467 e. The van der Waals surface area contributed by atoms with Gasteiger partial charge < -0.3 is 9.84 Å². The lowest BCUT2D eigenvalue weighted by molar-refractivity contribution is -0.153. The van der Waals surface area contributed by atoms with Crippen molar-refractivity contribution in [3.63, 3.8) is 0 Å². The third-order valence-electron chi connectivity index (χ3n) is 2.71. The van der Waals surface area contributed by atoms with Crippen molar-refractivity contribution < 1.29 is 31.8 Å². The Balaban J connectivity index is 3.09. The number of ether oxygens (including phenoxy) is 1. The van der Waals surface area contributed by atoms with Gasteiger partial charge in [0.25, 0.3) is 0 Å². The van der Waals surface area contributed by atoms with Crippen molar-refractivity contribution in [1.29, 1.82) is 0 Å². The van der Waals surface area contributed by atoms with Gasteiger partial charge in [0.05, 0.1) is 17.5 Å². The molecule has 1 aromatic rings. The molecule has 0 saturated carbocycles. The molecule has 0 spiro atoms. The molecule has 6 nitrogen and oxygen atoms in total. The van der Waals surface area contributed by atoms with Crippen LogP contribution in [0.5, 0.6) is 0 Å². The molecule has 0 aromatic heterocycles. The standard InChI is InChI=1S/C12H15F2NO5S/c1-12(2,10(16)11(17)20-3)15-21(18,19)7-4-5-8(13)9(14)6-7/h4-6,10,15-16H,1-3H3/t10-/m1/s1. The number of carbonyl (C=O) groups excluding carboxylic acids is 1. The van der Waals surface area contributed by atoms with Crippen LogP contribution in [0.3, 0.4) is 0 Å². The molecule has 0 bridgehead atoms. The van der Waals surface area contributed by atoms with E-state index in [1.165, 1.54) is 13.8 Å². The van der Waals surface area contributed by atoms with E-state index in [0.717, 1.165) is 13.2 Å². The summed E-state index contributed by atoms with van der Waals surface area (Å²) >= 11 is 0. The van der Waals surface area contributed by atoms with Gasteiger partial charge in [-0.1, -0.05) is 0 Å². The molecule has 2 N–H and O–H groups in total. The van der Waals surface area contributed by atoms with E-state index in [1.54, 1.807) is 0 Å². The van der Waals surface area contributed by atoms with Crippen molar-refractivity contribution >= 4 is 16.0 Å². The second kappa shape index (κ2) is 6.04. The highest BCUT2D eigenvalue weighted by atomic mass is 32.2. The maximum atomic E-state index is 13.1. The predicted octanol–water partition coefficient (Wildman–Crippen LogP) is 0.556. The van der Waals surface area contributed by atoms with Gasteiger partial charge in [0, 0.05) is 0 Å². The first kappa shape index (κ1) is 17.5. The number of hydrogen-bond donors (Lipinski definition) is 2. The van der Waals surface area contributed by atoms with Gasteiger partial charge in [-0.25, -0.2) is 26.7 Å². The average molecular weight is 323 g/mol. The van der Waals surface area contributed by atoms with Gasteiger partial charge >= 0.3 is 5.97 Å².